The van der Waals surface area contributed by atoms with Crippen LogP contribution in [0.3, 0.4) is 0 Å². The highest BCUT2D eigenvalue weighted by Crippen LogP contribution is 2.49. The van der Waals surface area contributed by atoms with Gasteiger partial charge in [0.15, 0.2) is 0 Å². The maximum Gasteiger partial charge on any atom is -0.0182 e. The van der Waals surface area contributed by atoms with Gasteiger partial charge in [0.25, 0.3) is 0 Å². The van der Waals surface area contributed by atoms with E-state index in [-0.39, 0.29) is 0 Å². The lowest BCUT2D eigenvalue weighted by Gasteiger charge is -2.42. The van der Waals surface area contributed by atoms with Crippen LogP contribution in [-0.4, -0.2) is 0 Å². The highest BCUT2D eigenvalue weighted by atomic mass is 14.4. The summed E-state index contributed by atoms with van der Waals surface area (Å²) in [6.07, 6.45) is 14.8. The van der Waals surface area contributed by atoms with Crippen molar-refractivity contribution < 1.29 is 0 Å². The maximum absolute atomic E-state index is 2.53. The second-order valence-corrected chi connectivity index (χ2v) is 5.29. The molecule has 13 heavy (non-hydrogen) atoms. The van der Waals surface area contributed by atoms with Crippen molar-refractivity contribution in [2.24, 2.45) is 5.41 Å². The van der Waals surface area contributed by atoms with Gasteiger partial charge in [0.1, 0.15) is 0 Å². The summed E-state index contributed by atoms with van der Waals surface area (Å²) in [6.45, 7) is 2.53. The molecular weight excluding hydrogens is 156 g/mol. The van der Waals surface area contributed by atoms with Gasteiger partial charge in [-0.15, -0.1) is 0 Å². The molecule has 2 saturated carbocycles. The molecule has 0 aliphatic heterocycles. The van der Waals surface area contributed by atoms with Crippen molar-refractivity contribution >= 4 is 0 Å². The summed E-state index contributed by atoms with van der Waals surface area (Å²) in [7, 11) is 0. The van der Waals surface area contributed by atoms with E-state index in [9.17, 15) is 0 Å². The largest absolute Gasteiger partial charge is 0.0591 e. The zero-order valence-electron chi connectivity index (χ0n) is 9.07. The summed E-state index contributed by atoms with van der Waals surface area (Å²) >= 11 is 0. The van der Waals surface area contributed by atoms with E-state index in [2.05, 4.69) is 6.92 Å². The Hall–Kier alpha value is 0. The normalized spacial score (nSPS) is 30.2. The summed E-state index contributed by atoms with van der Waals surface area (Å²) in [5.74, 6) is 1.93. The van der Waals surface area contributed by atoms with Crippen LogP contribution in [0.5, 0.6) is 0 Å². The third-order valence-electron chi connectivity index (χ3n) is 4.27. The van der Waals surface area contributed by atoms with Gasteiger partial charge in [-0.2, -0.15) is 0 Å². The molecule has 0 atom stereocenters. The first-order chi connectivity index (χ1) is 6.31. The topological polar surface area (TPSA) is 0 Å². The molecule has 75 valence electrons. The second kappa shape index (κ2) is 4.02. The lowest BCUT2D eigenvalue weighted by Crippen LogP contribution is -2.29. The van der Waals surface area contributed by atoms with Crippen molar-refractivity contribution in [1.82, 2.24) is 0 Å². The van der Waals surface area contributed by atoms with Crippen LogP contribution in [0.2, 0.25) is 0 Å². The number of rotatable bonds is 1. The van der Waals surface area contributed by atoms with Crippen LogP contribution in [0.15, 0.2) is 0 Å². The summed E-state index contributed by atoms with van der Waals surface area (Å²) in [6, 6.07) is 0. The van der Waals surface area contributed by atoms with Crippen LogP contribution in [0.25, 0.3) is 0 Å². The Morgan fingerprint density at radius 3 is 1.92 bits per heavy atom. The Labute approximate surface area is 83.1 Å². The highest BCUT2D eigenvalue weighted by Gasteiger charge is 2.35. The fourth-order valence-electron chi connectivity index (χ4n) is 3.27. The third-order valence-corrected chi connectivity index (χ3v) is 4.27. The van der Waals surface area contributed by atoms with Gasteiger partial charge in [-0.1, -0.05) is 45.4 Å². The first-order valence-corrected chi connectivity index (χ1v) is 6.16. The van der Waals surface area contributed by atoms with Crippen molar-refractivity contribution in [1.29, 1.82) is 0 Å². The van der Waals surface area contributed by atoms with E-state index in [0.717, 1.165) is 0 Å². The smallest absolute Gasteiger partial charge is 0.0182 e. The molecule has 0 heteroatoms. The van der Waals surface area contributed by atoms with Crippen LogP contribution in [0.4, 0.5) is 0 Å². The van der Waals surface area contributed by atoms with Crippen molar-refractivity contribution in [2.75, 3.05) is 0 Å². The van der Waals surface area contributed by atoms with E-state index in [4.69, 9.17) is 0 Å². The van der Waals surface area contributed by atoms with Gasteiger partial charge in [-0.05, 0) is 37.0 Å². The number of hydrogen-bond acceptors (Lipinski definition) is 0. The first-order valence-electron chi connectivity index (χ1n) is 6.16. The van der Waals surface area contributed by atoms with Crippen molar-refractivity contribution in [3.05, 3.63) is 5.92 Å². The summed E-state index contributed by atoms with van der Waals surface area (Å²) < 4.78 is 0. The Morgan fingerprint density at radius 2 is 1.31 bits per heavy atom. The summed E-state index contributed by atoms with van der Waals surface area (Å²) in [5.41, 5.74) is 0.665. The lowest BCUT2D eigenvalue weighted by molar-refractivity contribution is 0.200. The average Bonchev–Trinajstić information content (AvgIpc) is 2.20. The first kappa shape index (κ1) is 9.55. The predicted octanol–water partition coefficient (Wildman–Crippen LogP) is 4.50. The SMILES string of the molecule is CC1([C]2CCCCC2)CCCCC1. The molecule has 0 saturated heterocycles. The van der Waals surface area contributed by atoms with Crippen LogP contribution < -0.4 is 0 Å². The summed E-state index contributed by atoms with van der Waals surface area (Å²) in [4.78, 5) is 0. The Balaban J connectivity index is 1.94. The molecule has 2 aliphatic carbocycles. The highest BCUT2D eigenvalue weighted by molar-refractivity contribution is 5.07. The third kappa shape index (κ3) is 2.08. The molecule has 0 N–H and O–H groups in total. The van der Waals surface area contributed by atoms with E-state index < -0.39 is 0 Å². The van der Waals surface area contributed by atoms with Gasteiger partial charge in [-0.3, -0.25) is 0 Å². The van der Waals surface area contributed by atoms with Gasteiger partial charge in [0.2, 0.25) is 0 Å². The van der Waals surface area contributed by atoms with Crippen LogP contribution in [0.1, 0.15) is 71.1 Å². The predicted molar refractivity (Wildman–Crippen MR) is 57.5 cm³/mol. The molecule has 0 spiro atoms. The van der Waals surface area contributed by atoms with E-state index in [0.29, 0.717) is 5.41 Å². The molecule has 2 fully saturated rings. The van der Waals surface area contributed by atoms with Crippen molar-refractivity contribution in [3.8, 4) is 0 Å². The monoisotopic (exact) mass is 179 g/mol. The Bertz CT molecular complexity index is 147. The average molecular weight is 179 g/mol. The van der Waals surface area contributed by atoms with Gasteiger partial charge < -0.3 is 0 Å². The molecule has 1 radical (unpaired) electrons. The molecule has 0 bridgehead atoms. The molecule has 0 nitrogen and oxygen atoms in total. The molecule has 0 aromatic rings. The van der Waals surface area contributed by atoms with Gasteiger partial charge in [0.05, 0.1) is 0 Å². The number of hydrogen-bond donors (Lipinski definition) is 0. The minimum Gasteiger partial charge on any atom is -0.0591 e. The Morgan fingerprint density at radius 1 is 0.769 bits per heavy atom. The molecule has 0 aromatic carbocycles. The van der Waals surface area contributed by atoms with E-state index in [1.165, 1.54) is 64.2 Å². The lowest BCUT2D eigenvalue weighted by atomic mass is 9.63. The van der Waals surface area contributed by atoms with Crippen molar-refractivity contribution in [3.63, 3.8) is 0 Å². The van der Waals surface area contributed by atoms with E-state index >= 15 is 0 Å². The second-order valence-electron chi connectivity index (χ2n) is 5.29. The molecule has 0 aromatic heterocycles. The zero-order chi connectivity index (χ0) is 9.15. The fourth-order valence-corrected chi connectivity index (χ4v) is 3.27. The van der Waals surface area contributed by atoms with Gasteiger partial charge in [0, 0.05) is 0 Å². The molecule has 2 aliphatic rings. The van der Waals surface area contributed by atoms with Crippen LogP contribution in [-0.2, 0) is 0 Å². The Kier molecular flexibility index (Phi) is 2.96. The fraction of sp³-hybridized carbons (Fsp3) is 0.923. The zero-order valence-corrected chi connectivity index (χ0v) is 9.07. The molecule has 0 unspecified atom stereocenters. The molecular formula is C13H23. The quantitative estimate of drug-likeness (QED) is 0.556. The minimum atomic E-state index is 0.665. The van der Waals surface area contributed by atoms with Gasteiger partial charge >= 0.3 is 0 Å². The van der Waals surface area contributed by atoms with E-state index in [1.54, 1.807) is 0 Å². The summed E-state index contributed by atoms with van der Waals surface area (Å²) in [5, 5.41) is 0. The van der Waals surface area contributed by atoms with E-state index in [1.807, 2.05) is 5.92 Å². The molecule has 0 heterocycles. The van der Waals surface area contributed by atoms with Crippen molar-refractivity contribution in [2.45, 2.75) is 71.1 Å². The molecule has 0 amide bonds. The minimum absolute atomic E-state index is 0.665. The van der Waals surface area contributed by atoms with Crippen LogP contribution in [0, 0.1) is 11.3 Å². The standard InChI is InChI=1S/C13H23/c1-13(10-6-3-7-11-13)12-8-4-2-5-9-12/h2-11H2,1H3. The van der Waals surface area contributed by atoms with Gasteiger partial charge in [-0.25, -0.2) is 0 Å². The van der Waals surface area contributed by atoms with Crippen LogP contribution >= 0.6 is 0 Å². The molecule has 2 rings (SSSR count). The maximum atomic E-state index is 2.53.